The van der Waals surface area contributed by atoms with E-state index in [1.54, 1.807) is 0 Å². The highest BCUT2D eigenvalue weighted by atomic mass is 32.2. The molecule has 0 saturated heterocycles. The van der Waals surface area contributed by atoms with E-state index in [4.69, 9.17) is 5.73 Å². The van der Waals surface area contributed by atoms with Gasteiger partial charge in [0.15, 0.2) is 0 Å². The van der Waals surface area contributed by atoms with Crippen LogP contribution in [0.3, 0.4) is 0 Å². The maximum Gasteiger partial charge on any atom is 0.417 e. The summed E-state index contributed by atoms with van der Waals surface area (Å²) in [5, 5.41) is 2.61. The monoisotopic (exact) mass is 395 g/mol. The number of carbonyl (C=O) groups excluding carboxylic acids is 1. The van der Waals surface area contributed by atoms with Crippen LogP contribution in [0.5, 0.6) is 0 Å². The van der Waals surface area contributed by atoms with Crippen LogP contribution in [0.15, 0.2) is 29.2 Å². The summed E-state index contributed by atoms with van der Waals surface area (Å²) in [6.45, 7) is 3.42. The highest BCUT2D eigenvalue weighted by Crippen LogP contribution is 2.33. The molecule has 4 N–H and O–H groups in total. The molecule has 0 saturated carbocycles. The molecule has 2 atom stereocenters. The zero-order chi connectivity index (χ0) is 20.0. The second kappa shape index (κ2) is 9.33. The van der Waals surface area contributed by atoms with Gasteiger partial charge in [0.25, 0.3) is 0 Å². The van der Waals surface area contributed by atoms with Crippen LogP contribution < -0.4 is 15.8 Å². The molecule has 0 aliphatic heterocycles. The van der Waals surface area contributed by atoms with Gasteiger partial charge in [-0.3, -0.25) is 4.79 Å². The maximum atomic E-state index is 13.0. The molecule has 0 spiro atoms. The number of hydrogen-bond acceptors (Lipinski definition) is 4. The normalized spacial score (nSPS) is 14.7. The van der Waals surface area contributed by atoms with Crippen LogP contribution in [-0.2, 0) is 21.0 Å². The van der Waals surface area contributed by atoms with E-state index >= 15 is 0 Å². The second-order valence-corrected chi connectivity index (χ2v) is 7.60. The molecular formula is C16H24F3N3O3S. The van der Waals surface area contributed by atoms with Gasteiger partial charge in [-0.15, -0.1) is 0 Å². The molecule has 1 amide bonds. The first-order chi connectivity index (χ1) is 12.0. The highest BCUT2D eigenvalue weighted by molar-refractivity contribution is 7.89. The third-order valence-electron chi connectivity index (χ3n) is 3.74. The minimum atomic E-state index is -4.83. The molecule has 148 valence electrons. The van der Waals surface area contributed by atoms with Crippen molar-refractivity contribution in [2.24, 2.45) is 5.73 Å². The first-order valence-corrected chi connectivity index (χ1v) is 9.70. The summed E-state index contributed by atoms with van der Waals surface area (Å²) < 4.78 is 65.7. The Morgan fingerprint density at radius 3 is 2.42 bits per heavy atom. The van der Waals surface area contributed by atoms with Crippen LogP contribution in [-0.4, -0.2) is 33.0 Å². The Morgan fingerprint density at radius 2 is 1.88 bits per heavy atom. The summed E-state index contributed by atoms with van der Waals surface area (Å²) in [5.74, 6) is -0.649. The number of hydrogen-bond donors (Lipinski definition) is 3. The van der Waals surface area contributed by atoms with E-state index in [1.165, 1.54) is 13.0 Å². The Kier molecular flexibility index (Phi) is 8.04. The lowest BCUT2D eigenvalue weighted by Crippen LogP contribution is -2.50. The fourth-order valence-electron chi connectivity index (χ4n) is 2.31. The van der Waals surface area contributed by atoms with Crippen LogP contribution in [0.2, 0.25) is 0 Å². The van der Waals surface area contributed by atoms with Gasteiger partial charge >= 0.3 is 6.18 Å². The summed E-state index contributed by atoms with van der Waals surface area (Å²) in [4.78, 5) is 11.2. The minimum Gasteiger partial charge on any atom is -0.351 e. The fraction of sp³-hybridized carbons (Fsp3) is 0.562. The van der Waals surface area contributed by atoms with Crippen molar-refractivity contribution in [2.45, 2.75) is 56.3 Å². The van der Waals surface area contributed by atoms with Gasteiger partial charge in [0.05, 0.1) is 16.5 Å². The molecule has 1 aromatic rings. The van der Waals surface area contributed by atoms with Crippen molar-refractivity contribution in [1.29, 1.82) is 0 Å². The molecule has 2 unspecified atom stereocenters. The lowest BCUT2D eigenvalue weighted by molar-refractivity contribution is -0.139. The molecule has 10 heteroatoms. The van der Waals surface area contributed by atoms with Gasteiger partial charge in [0.1, 0.15) is 0 Å². The Hall–Kier alpha value is -1.65. The first kappa shape index (κ1) is 22.4. The van der Waals surface area contributed by atoms with Gasteiger partial charge in [-0.05, 0) is 25.5 Å². The number of unbranched alkanes of at least 4 members (excludes halogenated alkanes) is 1. The number of carbonyl (C=O) groups is 1. The number of alkyl halides is 3. The van der Waals surface area contributed by atoms with E-state index < -0.39 is 38.6 Å². The van der Waals surface area contributed by atoms with Crippen molar-refractivity contribution in [3.63, 3.8) is 0 Å². The summed E-state index contributed by atoms with van der Waals surface area (Å²) in [5.41, 5.74) is 4.28. The standard InChI is InChI=1S/C16H24F3N3O3S/c1-3-4-7-12(10-20)21-15(23)11(2)22-26(24,25)14-9-6-5-8-13(14)16(17,18)19/h5-6,8-9,11-12,22H,3-4,7,10,20H2,1-2H3,(H,21,23). The molecule has 6 nitrogen and oxygen atoms in total. The Morgan fingerprint density at radius 1 is 1.27 bits per heavy atom. The molecule has 0 bridgehead atoms. The molecule has 1 rings (SSSR count). The summed E-state index contributed by atoms with van der Waals surface area (Å²) in [6, 6.07) is 2.23. The molecule has 0 fully saturated rings. The predicted octanol–water partition coefficient (Wildman–Crippen LogP) is 2.01. The van der Waals surface area contributed by atoms with Crippen molar-refractivity contribution in [1.82, 2.24) is 10.0 Å². The minimum absolute atomic E-state index is 0.183. The lowest BCUT2D eigenvalue weighted by Gasteiger charge is -2.21. The third-order valence-corrected chi connectivity index (χ3v) is 5.34. The summed E-state index contributed by atoms with van der Waals surface area (Å²) in [6.07, 6.45) is -2.46. The average Bonchev–Trinajstić information content (AvgIpc) is 2.57. The number of sulfonamides is 1. The topological polar surface area (TPSA) is 101 Å². The SMILES string of the molecule is CCCCC(CN)NC(=O)C(C)NS(=O)(=O)c1ccccc1C(F)(F)F. The van der Waals surface area contributed by atoms with E-state index in [-0.39, 0.29) is 12.6 Å². The summed E-state index contributed by atoms with van der Waals surface area (Å²) >= 11 is 0. The second-order valence-electron chi connectivity index (χ2n) is 5.92. The average molecular weight is 395 g/mol. The van der Waals surface area contributed by atoms with Crippen molar-refractivity contribution in [3.8, 4) is 0 Å². The van der Waals surface area contributed by atoms with Crippen LogP contribution in [0.25, 0.3) is 0 Å². The highest BCUT2D eigenvalue weighted by Gasteiger charge is 2.37. The predicted molar refractivity (Wildman–Crippen MR) is 91.7 cm³/mol. The smallest absolute Gasteiger partial charge is 0.351 e. The van der Waals surface area contributed by atoms with E-state index in [1.807, 2.05) is 11.6 Å². The van der Waals surface area contributed by atoms with Crippen LogP contribution in [0.1, 0.15) is 38.7 Å². The fourth-order valence-corrected chi connectivity index (χ4v) is 3.74. The molecule has 0 heterocycles. The van der Waals surface area contributed by atoms with Crippen molar-refractivity contribution >= 4 is 15.9 Å². The van der Waals surface area contributed by atoms with Gasteiger partial charge < -0.3 is 11.1 Å². The van der Waals surface area contributed by atoms with Gasteiger partial charge in [0, 0.05) is 12.6 Å². The van der Waals surface area contributed by atoms with Gasteiger partial charge in [-0.1, -0.05) is 31.9 Å². The largest absolute Gasteiger partial charge is 0.417 e. The molecule has 0 radical (unpaired) electrons. The first-order valence-electron chi connectivity index (χ1n) is 8.22. The summed E-state index contributed by atoms with van der Waals surface area (Å²) in [7, 11) is -4.54. The van der Waals surface area contributed by atoms with E-state index in [0.717, 1.165) is 25.0 Å². The number of benzene rings is 1. The molecule has 0 aliphatic rings. The van der Waals surface area contributed by atoms with Gasteiger partial charge in [-0.2, -0.15) is 17.9 Å². The Bertz CT molecular complexity index is 708. The molecule has 0 aromatic heterocycles. The Balaban J connectivity index is 2.92. The van der Waals surface area contributed by atoms with Crippen LogP contribution in [0, 0.1) is 0 Å². The quantitative estimate of drug-likeness (QED) is 0.595. The van der Waals surface area contributed by atoms with E-state index in [9.17, 15) is 26.4 Å². The van der Waals surface area contributed by atoms with Crippen LogP contribution in [0.4, 0.5) is 13.2 Å². The molecule has 1 aromatic carbocycles. The zero-order valence-electron chi connectivity index (χ0n) is 14.6. The Labute approximate surface area is 151 Å². The molecule has 0 aliphatic carbocycles. The number of amides is 1. The molecular weight excluding hydrogens is 371 g/mol. The van der Waals surface area contributed by atoms with Crippen LogP contribution >= 0.6 is 0 Å². The van der Waals surface area contributed by atoms with Gasteiger partial charge in [-0.25, -0.2) is 8.42 Å². The number of rotatable bonds is 9. The van der Waals surface area contributed by atoms with Crippen molar-refractivity contribution in [2.75, 3.05) is 6.54 Å². The van der Waals surface area contributed by atoms with E-state index in [0.29, 0.717) is 12.5 Å². The number of halogens is 3. The lowest BCUT2D eigenvalue weighted by atomic mass is 10.1. The maximum absolute atomic E-state index is 13.0. The number of nitrogens with two attached hydrogens (primary N) is 1. The molecule has 26 heavy (non-hydrogen) atoms. The zero-order valence-corrected chi connectivity index (χ0v) is 15.5. The van der Waals surface area contributed by atoms with Crippen molar-refractivity contribution in [3.05, 3.63) is 29.8 Å². The van der Waals surface area contributed by atoms with E-state index in [2.05, 4.69) is 5.32 Å². The third kappa shape index (κ3) is 6.26. The van der Waals surface area contributed by atoms with Crippen molar-refractivity contribution < 1.29 is 26.4 Å². The number of nitrogens with one attached hydrogen (secondary N) is 2. The van der Waals surface area contributed by atoms with Gasteiger partial charge in [0.2, 0.25) is 15.9 Å².